The first kappa shape index (κ1) is 11.9. The minimum absolute atomic E-state index is 0.631. The highest BCUT2D eigenvalue weighted by Gasteiger charge is 2.06. The number of hydrogen-bond donors (Lipinski definition) is 2. The summed E-state index contributed by atoms with van der Waals surface area (Å²) in [7, 11) is 1.83. The molecule has 0 fully saturated rings. The van der Waals surface area contributed by atoms with Gasteiger partial charge in [0, 0.05) is 19.0 Å². The van der Waals surface area contributed by atoms with Crippen LogP contribution < -0.4 is 10.6 Å². The van der Waals surface area contributed by atoms with E-state index in [1.54, 1.807) is 11.3 Å². The van der Waals surface area contributed by atoms with Crippen LogP contribution in [-0.4, -0.2) is 17.0 Å². The van der Waals surface area contributed by atoms with E-state index in [1.165, 1.54) is 5.56 Å². The van der Waals surface area contributed by atoms with Gasteiger partial charge in [-0.15, -0.1) is 0 Å². The van der Waals surface area contributed by atoms with Crippen LogP contribution in [0.5, 0.6) is 0 Å². The molecule has 0 saturated heterocycles. The van der Waals surface area contributed by atoms with E-state index < -0.39 is 0 Å². The van der Waals surface area contributed by atoms with Crippen molar-refractivity contribution in [2.75, 3.05) is 17.7 Å². The van der Waals surface area contributed by atoms with Crippen molar-refractivity contribution in [1.29, 1.82) is 0 Å². The van der Waals surface area contributed by atoms with Crippen LogP contribution in [0.1, 0.15) is 5.56 Å². The van der Waals surface area contributed by atoms with Crippen LogP contribution in [0.4, 0.5) is 11.8 Å². The van der Waals surface area contributed by atoms with Crippen LogP contribution >= 0.6 is 11.3 Å². The molecule has 0 aliphatic carbocycles. The number of nitrogens with one attached hydrogen (secondary N) is 2. The highest BCUT2D eigenvalue weighted by Crippen LogP contribution is 2.22. The Morgan fingerprint density at radius 3 is 2.84 bits per heavy atom. The number of fused-ring (bicyclic) bond motifs is 1. The molecule has 4 nitrogen and oxygen atoms in total. The summed E-state index contributed by atoms with van der Waals surface area (Å²) in [4.78, 5) is 8.93. The van der Waals surface area contributed by atoms with Crippen molar-refractivity contribution >= 4 is 34.0 Å². The maximum Gasteiger partial charge on any atom is 0.224 e. The zero-order valence-electron chi connectivity index (χ0n) is 10.6. The molecule has 2 aromatic heterocycles. The molecule has 96 valence electrons. The molecule has 5 heteroatoms. The molecule has 0 atom stereocenters. The van der Waals surface area contributed by atoms with Gasteiger partial charge in [-0.3, -0.25) is 0 Å². The fourth-order valence-electron chi connectivity index (χ4n) is 1.90. The second-order valence-electron chi connectivity index (χ2n) is 4.15. The summed E-state index contributed by atoms with van der Waals surface area (Å²) in [6.45, 7) is 0.771. The Hall–Kier alpha value is -2.14. The number of para-hydroxylation sites is 1. The first-order valence-corrected chi connectivity index (χ1v) is 7.00. The van der Waals surface area contributed by atoms with Gasteiger partial charge in [-0.1, -0.05) is 12.1 Å². The number of benzene rings is 1. The van der Waals surface area contributed by atoms with Gasteiger partial charge in [0.05, 0.1) is 5.52 Å². The standard InChI is InChI=1S/C14H14N4S/c1-15-14-17-12-5-3-2-4-11(12)13(18-14)16-8-10-6-7-19-9-10/h2-7,9H,8H2,1H3,(H2,15,16,17,18). The minimum atomic E-state index is 0.631. The summed E-state index contributed by atoms with van der Waals surface area (Å²) in [5.74, 6) is 1.49. The molecular weight excluding hydrogens is 256 g/mol. The monoisotopic (exact) mass is 270 g/mol. The van der Waals surface area contributed by atoms with E-state index in [0.29, 0.717) is 5.95 Å². The predicted octanol–water partition coefficient (Wildman–Crippen LogP) is 3.35. The number of nitrogens with zero attached hydrogens (tertiary/aromatic N) is 2. The third kappa shape index (κ3) is 2.51. The zero-order valence-corrected chi connectivity index (χ0v) is 11.4. The maximum absolute atomic E-state index is 4.49. The maximum atomic E-state index is 4.49. The number of thiophene rings is 1. The Kier molecular flexibility index (Phi) is 3.29. The van der Waals surface area contributed by atoms with Crippen LogP contribution in [0, 0.1) is 0 Å². The van der Waals surface area contributed by atoms with Crippen molar-refractivity contribution in [3.8, 4) is 0 Å². The van der Waals surface area contributed by atoms with Crippen LogP contribution in [0.25, 0.3) is 10.9 Å². The molecule has 0 radical (unpaired) electrons. The van der Waals surface area contributed by atoms with Crippen LogP contribution in [0.15, 0.2) is 41.1 Å². The normalized spacial score (nSPS) is 10.6. The van der Waals surface area contributed by atoms with Gasteiger partial charge in [0.1, 0.15) is 5.82 Å². The van der Waals surface area contributed by atoms with Gasteiger partial charge in [0.2, 0.25) is 5.95 Å². The zero-order chi connectivity index (χ0) is 13.1. The van der Waals surface area contributed by atoms with Gasteiger partial charge in [0.25, 0.3) is 0 Å². The molecule has 3 aromatic rings. The average Bonchev–Trinajstić information content (AvgIpc) is 2.97. The SMILES string of the molecule is CNc1nc(NCc2ccsc2)c2ccccc2n1. The summed E-state index contributed by atoms with van der Waals surface area (Å²) in [6.07, 6.45) is 0. The summed E-state index contributed by atoms with van der Waals surface area (Å²) in [5, 5.41) is 11.6. The van der Waals surface area contributed by atoms with Gasteiger partial charge in [-0.2, -0.15) is 16.3 Å². The van der Waals surface area contributed by atoms with E-state index in [4.69, 9.17) is 0 Å². The molecule has 1 aromatic carbocycles. The summed E-state index contributed by atoms with van der Waals surface area (Å²) < 4.78 is 0. The lowest BCUT2D eigenvalue weighted by Crippen LogP contribution is -2.05. The third-order valence-electron chi connectivity index (χ3n) is 2.87. The van der Waals surface area contributed by atoms with E-state index >= 15 is 0 Å². The fraction of sp³-hybridized carbons (Fsp3) is 0.143. The quantitative estimate of drug-likeness (QED) is 0.763. The fourth-order valence-corrected chi connectivity index (χ4v) is 2.57. The van der Waals surface area contributed by atoms with Gasteiger partial charge >= 0.3 is 0 Å². The molecule has 0 amide bonds. The molecule has 0 saturated carbocycles. The van der Waals surface area contributed by atoms with Crippen molar-refractivity contribution in [3.05, 3.63) is 46.7 Å². The lowest BCUT2D eigenvalue weighted by atomic mass is 10.2. The molecule has 2 heterocycles. The van der Waals surface area contributed by atoms with Crippen molar-refractivity contribution in [2.24, 2.45) is 0 Å². The molecule has 0 aliphatic heterocycles. The molecule has 0 unspecified atom stereocenters. The summed E-state index contributed by atoms with van der Waals surface area (Å²) in [6, 6.07) is 10.1. The van der Waals surface area contributed by atoms with Gasteiger partial charge in [-0.25, -0.2) is 4.98 Å². The van der Waals surface area contributed by atoms with E-state index in [1.807, 2.05) is 31.3 Å². The predicted molar refractivity (Wildman–Crippen MR) is 80.7 cm³/mol. The van der Waals surface area contributed by atoms with E-state index in [2.05, 4.69) is 37.4 Å². The second kappa shape index (κ2) is 5.24. The molecule has 3 rings (SSSR count). The Labute approximate surface area is 115 Å². The van der Waals surface area contributed by atoms with Crippen molar-refractivity contribution in [1.82, 2.24) is 9.97 Å². The van der Waals surface area contributed by atoms with Crippen molar-refractivity contribution in [3.63, 3.8) is 0 Å². The van der Waals surface area contributed by atoms with E-state index in [-0.39, 0.29) is 0 Å². The first-order chi connectivity index (χ1) is 9.36. The lowest BCUT2D eigenvalue weighted by Gasteiger charge is -2.09. The van der Waals surface area contributed by atoms with E-state index in [0.717, 1.165) is 23.3 Å². The molecule has 0 aliphatic rings. The summed E-state index contributed by atoms with van der Waals surface area (Å²) >= 11 is 1.70. The first-order valence-electron chi connectivity index (χ1n) is 6.06. The average molecular weight is 270 g/mol. The Morgan fingerprint density at radius 2 is 2.05 bits per heavy atom. The molecule has 2 N–H and O–H groups in total. The van der Waals surface area contributed by atoms with Crippen LogP contribution in [0.3, 0.4) is 0 Å². The van der Waals surface area contributed by atoms with Gasteiger partial charge in [0.15, 0.2) is 0 Å². The third-order valence-corrected chi connectivity index (χ3v) is 3.60. The van der Waals surface area contributed by atoms with Crippen LogP contribution in [0.2, 0.25) is 0 Å². The molecular formula is C14H14N4S. The van der Waals surface area contributed by atoms with Gasteiger partial charge in [-0.05, 0) is 34.5 Å². The number of rotatable bonds is 4. The minimum Gasteiger partial charge on any atom is -0.365 e. The highest BCUT2D eigenvalue weighted by molar-refractivity contribution is 7.07. The largest absolute Gasteiger partial charge is 0.365 e. The summed E-state index contributed by atoms with van der Waals surface area (Å²) in [5.41, 5.74) is 2.20. The smallest absolute Gasteiger partial charge is 0.224 e. The number of anilines is 2. The molecule has 0 bridgehead atoms. The van der Waals surface area contributed by atoms with Crippen LogP contribution in [-0.2, 0) is 6.54 Å². The van der Waals surface area contributed by atoms with Crippen molar-refractivity contribution < 1.29 is 0 Å². The Bertz CT molecular complexity index is 679. The van der Waals surface area contributed by atoms with Gasteiger partial charge < -0.3 is 10.6 Å². The number of hydrogen-bond acceptors (Lipinski definition) is 5. The molecule has 19 heavy (non-hydrogen) atoms. The number of aromatic nitrogens is 2. The van der Waals surface area contributed by atoms with E-state index in [9.17, 15) is 0 Å². The Morgan fingerprint density at radius 1 is 1.16 bits per heavy atom. The second-order valence-corrected chi connectivity index (χ2v) is 4.93. The lowest BCUT2D eigenvalue weighted by molar-refractivity contribution is 1.11. The topological polar surface area (TPSA) is 49.8 Å². The van der Waals surface area contributed by atoms with Crippen molar-refractivity contribution in [2.45, 2.75) is 6.54 Å². The molecule has 0 spiro atoms. The Balaban J connectivity index is 1.96. The highest BCUT2D eigenvalue weighted by atomic mass is 32.1.